The van der Waals surface area contributed by atoms with Crippen LogP contribution < -0.4 is 5.32 Å². The number of ether oxygens (including phenoxy) is 1. The van der Waals surface area contributed by atoms with Crippen molar-refractivity contribution in [3.05, 3.63) is 84.4 Å². The zero-order valence-electron chi connectivity index (χ0n) is 18.6. The third-order valence-corrected chi connectivity index (χ3v) is 6.04. The van der Waals surface area contributed by atoms with E-state index in [0.717, 1.165) is 17.2 Å². The molecule has 1 aromatic carbocycles. The molecule has 1 saturated heterocycles. The van der Waals surface area contributed by atoms with Gasteiger partial charge in [0.2, 0.25) is 5.91 Å². The molecule has 1 N–H and O–H groups in total. The number of nitrogens with zero attached hydrogens (tertiary/aromatic N) is 4. The van der Waals surface area contributed by atoms with E-state index in [1.165, 1.54) is 16.6 Å². The van der Waals surface area contributed by atoms with Gasteiger partial charge in [0.05, 0.1) is 30.7 Å². The summed E-state index contributed by atoms with van der Waals surface area (Å²) in [5.41, 5.74) is 4.03. The zero-order valence-corrected chi connectivity index (χ0v) is 18.6. The highest BCUT2D eigenvalue weighted by Crippen LogP contribution is 2.24. The van der Waals surface area contributed by atoms with Crippen LogP contribution in [0.3, 0.4) is 0 Å². The summed E-state index contributed by atoms with van der Waals surface area (Å²) in [5, 5.41) is 4.44. The summed E-state index contributed by atoms with van der Waals surface area (Å²) in [4.78, 5) is 23.7. The Labute approximate surface area is 193 Å². The summed E-state index contributed by atoms with van der Waals surface area (Å²) < 4.78 is 8.16. The highest BCUT2D eigenvalue weighted by Gasteiger charge is 2.26. The maximum absolute atomic E-state index is 13.0. The van der Waals surface area contributed by atoms with E-state index in [1.807, 2.05) is 47.4 Å². The van der Waals surface area contributed by atoms with Gasteiger partial charge in [-0.3, -0.25) is 9.78 Å². The molecule has 1 atom stereocenters. The number of para-hydroxylation sites is 1. The lowest BCUT2D eigenvalue weighted by Gasteiger charge is -2.33. The van der Waals surface area contributed by atoms with Crippen molar-refractivity contribution in [1.29, 1.82) is 0 Å². The highest BCUT2D eigenvalue weighted by molar-refractivity contribution is 5.82. The molecule has 0 aliphatic carbocycles. The largest absolute Gasteiger partial charge is 0.368 e. The molecule has 5 rings (SSSR count). The molecule has 1 amide bonds. The van der Waals surface area contributed by atoms with Crippen LogP contribution in [0.2, 0.25) is 0 Å². The number of pyridine rings is 2. The Bertz CT molecular complexity index is 1240. The predicted octanol–water partition coefficient (Wildman–Crippen LogP) is 4.47. The fraction of sp³-hybridized carbons (Fsp3) is 0.269. The summed E-state index contributed by atoms with van der Waals surface area (Å²) >= 11 is 0. The molecule has 0 unspecified atom stereocenters. The second kappa shape index (κ2) is 9.42. The first kappa shape index (κ1) is 21.2. The molecule has 4 aromatic rings. The van der Waals surface area contributed by atoms with Gasteiger partial charge in [0, 0.05) is 36.9 Å². The molecule has 4 heterocycles. The van der Waals surface area contributed by atoms with Crippen molar-refractivity contribution in [3.8, 4) is 0 Å². The average molecular weight is 442 g/mol. The first-order chi connectivity index (χ1) is 16.2. The predicted molar refractivity (Wildman–Crippen MR) is 128 cm³/mol. The van der Waals surface area contributed by atoms with Gasteiger partial charge in [-0.15, -0.1) is 0 Å². The summed E-state index contributed by atoms with van der Waals surface area (Å²) in [7, 11) is 0. The van der Waals surface area contributed by atoms with E-state index in [-0.39, 0.29) is 12.0 Å². The first-order valence-electron chi connectivity index (χ1n) is 11.3. The maximum atomic E-state index is 13.0. The standard InChI is InChI=1S/C26H27N5O2/c1-19-16-20-6-2-3-7-23(20)31(19)13-11-26(32)30-14-15-33-24(18-30)22-10-9-21(17-28-22)29-25-8-4-5-12-27-25/h2-10,12,16-17,24H,11,13-15,18H2,1H3,(H,27,29)/t24-/m1/s1. The molecule has 0 radical (unpaired) electrons. The van der Waals surface area contributed by atoms with Gasteiger partial charge in [-0.2, -0.15) is 0 Å². The number of anilines is 2. The Morgan fingerprint density at radius 2 is 2.00 bits per heavy atom. The number of fused-ring (bicyclic) bond motifs is 1. The number of aromatic nitrogens is 3. The lowest BCUT2D eigenvalue weighted by Crippen LogP contribution is -2.42. The van der Waals surface area contributed by atoms with Gasteiger partial charge < -0.3 is 19.5 Å². The minimum absolute atomic E-state index is 0.147. The van der Waals surface area contributed by atoms with Crippen molar-refractivity contribution in [2.24, 2.45) is 0 Å². The smallest absolute Gasteiger partial charge is 0.224 e. The Hall–Kier alpha value is -3.71. The Kier molecular flexibility index (Phi) is 6.04. The van der Waals surface area contributed by atoms with Crippen molar-refractivity contribution >= 4 is 28.3 Å². The summed E-state index contributed by atoms with van der Waals surface area (Å²) in [6.07, 6.45) is 3.76. The number of rotatable bonds is 6. The second-order valence-corrected chi connectivity index (χ2v) is 8.26. The van der Waals surface area contributed by atoms with Gasteiger partial charge in [-0.1, -0.05) is 24.3 Å². The van der Waals surface area contributed by atoms with E-state index in [0.29, 0.717) is 32.7 Å². The monoisotopic (exact) mass is 441 g/mol. The lowest BCUT2D eigenvalue weighted by molar-refractivity contribution is -0.139. The van der Waals surface area contributed by atoms with Crippen LogP contribution in [0.5, 0.6) is 0 Å². The van der Waals surface area contributed by atoms with E-state index in [1.54, 1.807) is 12.4 Å². The minimum atomic E-state index is -0.222. The summed E-state index contributed by atoms with van der Waals surface area (Å²) in [6.45, 7) is 4.40. The number of carbonyl (C=O) groups excluding carboxylic acids is 1. The third kappa shape index (κ3) is 4.73. The van der Waals surface area contributed by atoms with Crippen LogP contribution in [0.15, 0.2) is 73.1 Å². The molecular formula is C26H27N5O2. The average Bonchev–Trinajstić information content (AvgIpc) is 3.18. The van der Waals surface area contributed by atoms with Crippen LogP contribution in [-0.2, 0) is 16.1 Å². The zero-order chi connectivity index (χ0) is 22.6. The van der Waals surface area contributed by atoms with Crippen molar-refractivity contribution in [1.82, 2.24) is 19.4 Å². The fourth-order valence-corrected chi connectivity index (χ4v) is 4.32. The molecule has 7 heteroatoms. The molecule has 33 heavy (non-hydrogen) atoms. The Balaban J connectivity index is 1.20. The maximum Gasteiger partial charge on any atom is 0.224 e. The molecule has 3 aromatic heterocycles. The molecular weight excluding hydrogens is 414 g/mol. The molecule has 168 valence electrons. The van der Waals surface area contributed by atoms with Crippen molar-refractivity contribution in [3.63, 3.8) is 0 Å². The molecule has 7 nitrogen and oxygen atoms in total. The van der Waals surface area contributed by atoms with Crippen LogP contribution in [0.25, 0.3) is 10.9 Å². The number of hydrogen-bond acceptors (Lipinski definition) is 5. The van der Waals surface area contributed by atoms with Gasteiger partial charge >= 0.3 is 0 Å². The van der Waals surface area contributed by atoms with Crippen LogP contribution in [0, 0.1) is 6.92 Å². The van der Waals surface area contributed by atoms with Gasteiger partial charge in [0.15, 0.2) is 0 Å². The van der Waals surface area contributed by atoms with Crippen LogP contribution in [0.4, 0.5) is 11.5 Å². The molecule has 1 aliphatic rings. The van der Waals surface area contributed by atoms with Gasteiger partial charge in [-0.25, -0.2) is 4.98 Å². The lowest BCUT2D eigenvalue weighted by atomic mass is 10.1. The normalized spacial score (nSPS) is 16.2. The first-order valence-corrected chi connectivity index (χ1v) is 11.3. The van der Waals surface area contributed by atoms with Crippen LogP contribution in [0.1, 0.15) is 23.9 Å². The number of carbonyl (C=O) groups is 1. The summed E-state index contributed by atoms with van der Waals surface area (Å²) in [6, 6.07) is 20.1. The van der Waals surface area contributed by atoms with E-state index in [4.69, 9.17) is 4.74 Å². The Morgan fingerprint density at radius 1 is 1.12 bits per heavy atom. The van der Waals surface area contributed by atoms with Gasteiger partial charge in [-0.05, 0) is 48.7 Å². The van der Waals surface area contributed by atoms with Crippen molar-refractivity contribution < 1.29 is 9.53 Å². The fourth-order valence-electron chi connectivity index (χ4n) is 4.32. The molecule has 1 aliphatic heterocycles. The SMILES string of the molecule is Cc1cc2ccccc2n1CCC(=O)N1CCO[C@@H](c2ccc(Nc3ccccn3)cn2)C1. The molecule has 0 bridgehead atoms. The number of nitrogens with one attached hydrogen (secondary N) is 1. The van der Waals surface area contributed by atoms with E-state index in [9.17, 15) is 4.79 Å². The van der Waals surface area contributed by atoms with Crippen molar-refractivity contribution in [2.75, 3.05) is 25.0 Å². The number of hydrogen-bond donors (Lipinski definition) is 1. The van der Waals surface area contributed by atoms with E-state index >= 15 is 0 Å². The molecule has 0 spiro atoms. The molecule has 0 saturated carbocycles. The third-order valence-electron chi connectivity index (χ3n) is 6.04. The number of benzene rings is 1. The quantitative estimate of drug-likeness (QED) is 0.478. The number of morpholine rings is 1. The van der Waals surface area contributed by atoms with Crippen LogP contribution >= 0.6 is 0 Å². The van der Waals surface area contributed by atoms with Gasteiger partial charge in [0.25, 0.3) is 0 Å². The highest BCUT2D eigenvalue weighted by atomic mass is 16.5. The van der Waals surface area contributed by atoms with Crippen LogP contribution in [-0.4, -0.2) is 45.0 Å². The van der Waals surface area contributed by atoms with Crippen molar-refractivity contribution in [2.45, 2.75) is 26.0 Å². The topological polar surface area (TPSA) is 72.3 Å². The van der Waals surface area contributed by atoms with Gasteiger partial charge in [0.1, 0.15) is 11.9 Å². The van der Waals surface area contributed by atoms with E-state index in [2.05, 4.69) is 45.0 Å². The second-order valence-electron chi connectivity index (χ2n) is 8.26. The minimum Gasteiger partial charge on any atom is -0.368 e. The number of amides is 1. The molecule has 1 fully saturated rings. The van der Waals surface area contributed by atoms with E-state index < -0.39 is 0 Å². The number of aryl methyl sites for hydroxylation is 2. The summed E-state index contributed by atoms with van der Waals surface area (Å²) in [5.74, 6) is 0.914. The Morgan fingerprint density at radius 3 is 2.82 bits per heavy atom.